The number of hydrogen-bond acceptors (Lipinski definition) is 2. The molecule has 3 aromatic rings. The Morgan fingerprint density at radius 3 is 2.13 bits per heavy atom. The molecule has 1 aliphatic rings. The van der Waals surface area contributed by atoms with E-state index in [1.54, 1.807) is 24.3 Å². The van der Waals surface area contributed by atoms with Gasteiger partial charge in [0.05, 0.1) is 23.0 Å². The van der Waals surface area contributed by atoms with Crippen molar-refractivity contribution < 1.29 is 9.59 Å². The fourth-order valence-corrected chi connectivity index (χ4v) is 4.08. The normalized spacial score (nSPS) is 15.0. The molecule has 0 aromatic heterocycles. The molecule has 2 N–H and O–H groups in total. The van der Waals surface area contributed by atoms with Gasteiger partial charge in [0, 0.05) is 12.0 Å². The summed E-state index contributed by atoms with van der Waals surface area (Å²) in [6.07, 6.45) is 2.30. The molecular formula is C26H25ClN2O2. The number of benzene rings is 3. The van der Waals surface area contributed by atoms with Crippen molar-refractivity contribution in [3.05, 3.63) is 107 Å². The smallest absolute Gasteiger partial charge is 0.253 e. The van der Waals surface area contributed by atoms with Gasteiger partial charge in [0.2, 0.25) is 5.91 Å². The number of rotatable bonds is 8. The number of halogens is 1. The van der Waals surface area contributed by atoms with Crippen LogP contribution in [0.1, 0.15) is 46.8 Å². The molecule has 4 nitrogen and oxygen atoms in total. The maximum absolute atomic E-state index is 12.8. The molecular weight excluding hydrogens is 408 g/mol. The third kappa shape index (κ3) is 5.15. The number of hydrogen-bond donors (Lipinski definition) is 2. The molecule has 0 bridgehead atoms. The van der Waals surface area contributed by atoms with Crippen molar-refractivity contribution in [3.8, 4) is 0 Å². The molecule has 0 spiro atoms. The summed E-state index contributed by atoms with van der Waals surface area (Å²) in [4.78, 5) is 25.6. The lowest BCUT2D eigenvalue weighted by molar-refractivity contribution is -0.121. The lowest BCUT2D eigenvalue weighted by Gasteiger charge is -2.21. The van der Waals surface area contributed by atoms with Crippen molar-refractivity contribution in [2.45, 2.75) is 30.7 Å². The van der Waals surface area contributed by atoms with Crippen molar-refractivity contribution in [1.82, 2.24) is 10.6 Å². The largest absolute Gasteiger partial charge is 0.355 e. The molecule has 0 radical (unpaired) electrons. The van der Waals surface area contributed by atoms with Gasteiger partial charge >= 0.3 is 0 Å². The average molecular weight is 433 g/mol. The minimum atomic E-state index is -0.447. The van der Waals surface area contributed by atoms with Gasteiger partial charge in [0.25, 0.3) is 5.91 Å². The summed E-state index contributed by atoms with van der Waals surface area (Å²) >= 11 is 6.18. The van der Waals surface area contributed by atoms with E-state index in [1.807, 2.05) is 48.5 Å². The first-order chi connectivity index (χ1) is 15.1. The van der Waals surface area contributed by atoms with Crippen molar-refractivity contribution in [1.29, 1.82) is 0 Å². The quantitative estimate of drug-likeness (QED) is 0.523. The summed E-state index contributed by atoms with van der Waals surface area (Å²) in [6.45, 7) is 0.607. The minimum absolute atomic E-state index is 0.0416. The molecule has 1 saturated carbocycles. The van der Waals surface area contributed by atoms with Crippen LogP contribution in [0, 0.1) is 0 Å². The Hall–Kier alpha value is -3.11. The van der Waals surface area contributed by atoms with Crippen molar-refractivity contribution in [2.24, 2.45) is 0 Å². The Bertz CT molecular complexity index is 1050. The highest BCUT2D eigenvalue weighted by Crippen LogP contribution is 2.47. The first-order valence-corrected chi connectivity index (χ1v) is 10.9. The molecule has 5 heteroatoms. The Kier molecular flexibility index (Phi) is 6.38. The lowest BCUT2D eigenvalue weighted by atomic mass is 9.96. The van der Waals surface area contributed by atoms with Gasteiger partial charge in [-0.3, -0.25) is 9.59 Å². The second-order valence-electron chi connectivity index (χ2n) is 8.04. The molecule has 1 atom stereocenters. The van der Waals surface area contributed by atoms with E-state index in [0.717, 1.165) is 18.4 Å². The molecule has 3 aromatic carbocycles. The summed E-state index contributed by atoms with van der Waals surface area (Å²) in [5.41, 5.74) is 2.58. The first kappa shape index (κ1) is 21.1. The molecule has 0 saturated heterocycles. The fraction of sp³-hybridized carbons (Fsp3) is 0.231. The van der Waals surface area contributed by atoms with Crippen LogP contribution in [0.15, 0.2) is 84.9 Å². The van der Waals surface area contributed by atoms with Crippen LogP contribution in [0.3, 0.4) is 0 Å². The zero-order chi connectivity index (χ0) is 21.7. The molecule has 1 aliphatic carbocycles. The summed E-state index contributed by atoms with van der Waals surface area (Å²) in [6, 6.07) is 26.3. The van der Waals surface area contributed by atoms with Gasteiger partial charge in [0.1, 0.15) is 0 Å². The van der Waals surface area contributed by atoms with E-state index in [1.165, 1.54) is 5.56 Å². The number of nitrogens with one attached hydrogen (secondary N) is 2. The first-order valence-electron chi connectivity index (χ1n) is 10.5. The molecule has 2 amide bonds. The molecule has 31 heavy (non-hydrogen) atoms. The van der Waals surface area contributed by atoms with E-state index < -0.39 is 6.04 Å². The monoisotopic (exact) mass is 432 g/mol. The van der Waals surface area contributed by atoms with Gasteiger partial charge in [-0.25, -0.2) is 0 Å². The van der Waals surface area contributed by atoms with E-state index in [9.17, 15) is 9.59 Å². The second kappa shape index (κ2) is 9.36. The van der Waals surface area contributed by atoms with E-state index in [0.29, 0.717) is 17.1 Å². The summed E-state index contributed by atoms with van der Waals surface area (Å²) in [5.74, 6) is -0.384. The van der Waals surface area contributed by atoms with Crippen molar-refractivity contribution >= 4 is 23.4 Å². The average Bonchev–Trinajstić information content (AvgIpc) is 3.60. The predicted octanol–water partition coefficient (Wildman–Crippen LogP) is 5.05. The van der Waals surface area contributed by atoms with Crippen LogP contribution < -0.4 is 10.6 Å². The summed E-state index contributed by atoms with van der Waals surface area (Å²) in [7, 11) is 0. The summed E-state index contributed by atoms with van der Waals surface area (Å²) < 4.78 is 0. The Balaban J connectivity index is 1.43. The van der Waals surface area contributed by atoms with Gasteiger partial charge in [-0.2, -0.15) is 0 Å². The maximum Gasteiger partial charge on any atom is 0.253 e. The van der Waals surface area contributed by atoms with Crippen LogP contribution in [0.5, 0.6) is 0 Å². The van der Waals surface area contributed by atoms with Gasteiger partial charge in [-0.15, -0.1) is 0 Å². The molecule has 0 heterocycles. The van der Waals surface area contributed by atoms with Crippen molar-refractivity contribution in [3.63, 3.8) is 0 Å². The van der Waals surface area contributed by atoms with Gasteiger partial charge in [-0.1, -0.05) is 84.4 Å². The van der Waals surface area contributed by atoms with Crippen LogP contribution in [0.25, 0.3) is 0 Å². The van der Waals surface area contributed by atoms with Gasteiger partial charge in [0.15, 0.2) is 0 Å². The zero-order valence-corrected chi connectivity index (χ0v) is 17.9. The van der Waals surface area contributed by atoms with Crippen LogP contribution >= 0.6 is 11.6 Å². The standard InChI is InChI=1S/C26H25ClN2O2/c27-22-14-8-7-13-21(22)25(31)29-23(19-9-3-1-4-10-19)17-24(30)28-18-26(15-16-26)20-11-5-2-6-12-20/h1-14,23H,15-18H2,(H,28,30)(H,29,31). The number of carbonyl (C=O) groups excluding carboxylic acids is 2. The molecule has 4 rings (SSSR count). The Morgan fingerprint density at radius 1 is 0.871 bits per heavy atom. The Morgan fingerprint density at radius 2 is 1.48 bits per heavy atom. The number of carbonyl (C=O) groups is 2. The topological polar surface area (TPSA) is 58.2 Å². The lowest BCUT2D eigenvalue weighted by Crippen LogP contribution is -2.36. The van der Waals surface area contributed by atoms with Crippen LogP contribution in [0.2, 0.25) is 5.02 Å². The summed E-state index contributed by atoms with van der Waals surface area (Å²) in [5, 5.41) is 6.46. The third-order valence-corrected chi connectivity index (χ3v) is 6.21. The molecule has 1 unspecified atom stereocenters. The van der Waals surface area contributed by atoms with E-state index >= 15 is 0 Å². The Labute approximate surface area is 187 Å². The van der Waals surface area contributed by atoms with Crippen LogP contribution in [-0.2, 0) is 10.2 Å². The molecule has 158 valence electrons. The van der Waals surface area contributed by atoms with Crippen LogP contribution in [-0.4, -0.2) is 18.4 Å². The molecule has 0 aliphatic heterocycles. The predicted molar refractivity (Wildman–Crippen MR) is 123 cm³/mol. The maximum atomic E-state index is 12.8. The SMILES string of the molecule is O=C(CC(NC(=O)c1ccccc1Cl)c1ccccc1)NCC1(c2ccccc2)CC1. The highest BCUT2D eigenvalue weighted by Gasteiger charge is 2.44. The highest BCUT2D eigenvalue weighted by atomic mass is 35.5. The minimum Gasteiger partial charge on any atom is -0.355 e. The van der Waals surface area contributed by atoms with E-state index in [2.05, 4.69) is 22.8 Å². The van der Waals surface area contributed by atoms with Crippen LogP contribution in [0.4, 0.5) is 0 Å². The highest BCUT2D eigenvalue weighted by molar-refractivity contribution is 6.33. The van der Waals surface area contributed by atoms with E-state index in [-0.39, 0.29) is 23.7 Å². The third-order valence-electron chi connectivity index (χ3n) is 5.88. The van der Waals surface area contributed by atoms with Gasteiger partial charge in [-0.05, 0) is 36.1 Å². The molecule has 1 fully saturated rings. The van der Waals surface area contributed by atoms with Gasteiger partial charge < -0.3 is 10.6 Å². The van der Waals surface area contributed by atoms with Crippen molar-refractivity contribution in [2.75, 3.05) is 6.54 Å². The zero-order valence-electron chi connectivity index (χ0n) is 17.2. The van der Waals surface area contributed by atoms with E-state index in [4.69, 9.17) is 11.6 Å². The fourth-order valence-electron chi connectivity index (χ4n) is 3.85. The number of amides is 2. The second-order valence-corrected chi connectivity index (χ2v) is 8.45.